The topological polar surface area (TPSA) is 22.0 Å². The SMILES string of the molecule is Cc1cc(=O)n(CCCCl)c2ccccc12. The van der Waals surface area contributed by atoms with Gasteiger partial charge in [-0.2, -0.15) is 0 Å². The summed E-state index contributed by atoms with van der Waals surface area (Å²) in [7, 11) is 0. The van der Waals surface area contributed by atoms with E-state index < -0.39 is 0 Å². The van der Waals surface area contributed by atoms with Crippen LogP contribution in [-0.4, -0.2) is 10.4 Å². The molecule has 1 aromatic carbocycles. The fraction of sp³-hybridized carbons (Fsp3) is 0.308. The maximum atomic E-state index is 11.9. The first-order valence-electron chi connectivity index (χ1n) is 5.39. The summed E-state index contributed by atoms with van der Waals surface area (Å²) in [6, 6.07) is 9.67. The molecule has 0 aliphatic carbocycles. The van der Waals surface area contributed by atoms with Gasteiger partial charge < -0.3 is 4.57 Å². The molecule has 16 heavy (non-hydrogen) atoms. The number of nitrogens with zero attached hydrogens (tertiary/aromatic N) is 1. The Morgan fingerprint density at radius 1 is 1.31 bits per heavy atom. The van der Waals surface area contributed by atoms with Crippen LogP contribution >= 0.6 is 11.6 Å². The van der Waals surface area contributed by atoms with E-state index in [0.29, 0.717) is 12.4 Å². The van der Waals surface area contributed by atoms with Crippen LogP contribution in [0.4, 0.5) is 0 Å². The van der Waals surface area contributed by atoms with Gasteiger partial charge in [0.1, 0.15) is 0 Å². The van der Waals surface area contributed by atoms with E-state index in [9.17, 15) is 4.79 Å². The average Bonchev–Trinajstić information content (AvgIpc) is 2.29. The number of fused-ring (bicyclic) bond motifs is 1. The number of pyridine rings is 1. The van der Waals surface area contributed by atoms with E-state index in [1.807, 2.05) is 31.2 Å². The standard InChI is InChI=1S/C13H14ClNO/c1-10-9-13(16)15(8-4-7-14)12-6-3-2-5-11(10)12/h2-3,5-6,9H,4,7-8H2,1H3. The summed E-state index contributed by atoms with van der Waals surface area (Å²) in [6.45, 7) is 2.65. The van der Waals surface area contributed by atoms with Gasteiger partial charge in [0.25, 0.3) is 5.56 Å². The second-order valence-corrected chi connectivity index (χ2v) is 4.25. The Balaban J connectivity index is 2.66. The van der Waals surface area contributed by atoms with Gasteiger partial charge in [-0.15, -0.1) is 11.6 Å². The summed E-state index contributed by atoms with van der Waals surface area (Å²) in [5, 5.41) is 1.14. The minimum absolute atomic E-state index is 0.0568. The molecule has 0 radical (unpaired) electrons. The van der Waals surface area contributed by atoms with Crippen molar-refractivity contribution in [1.82, 2.24) is 4.57 Å². The normalized spacial score (nSPS) is 10.9. The maximum absolute atomic E-state index is 11.9. The van der Waals surface area contributed by atoms with Crippen molar-refractivity contribution in [3.63, 3.8) is 0 Å². The highest BCUT2D eigenvalue weighted by Crippen LogP contribution is 2.15. The number of para-hydroxylation sites is 1. The summed E-state index contributed by atoms with van der Waals surface area (Å²) >= 11 is 5.67. The number of aryl methyl sites for hydroxylation is 2. The average molecular weight is 236 g/mol. The Morgan fingerprint density at radius 3 is 2.81 bits per heavy atom. The van der Waals surface area contributed by atoms with E-state index in [1.54, 1.807) is 10.6 Å². The first-order chi connectivity index (χ1) is 7.74. The molecule has 0 atom stereocenters. The third kappa shape index (κ3) is 1.98. The monoisotopic (exact) mass is 235 g/mol. The second-order valence-electron chi connectivity index (χ2n) is 3.88. The number of rotatable bonds is 3. The molecular weight excluding hydrogens is 222 g/mol. The Labute approximate surface area is 99.5 Å². The zero-order valence-corrected chi connectivity index (χ0v) is 10.00. The second kappa shape index (κ2) is 4.71. The predicted molar refractivity (Wildman–Crippen MR) is 68.3 cm³/mol. The van der Waals surface area contributed by atoms with Gasteiger partial charge in [0.15, 0.2) is 0 Å². The van der Waals surface area contributed by atoms with Gasteiger partial charge in [0.05, 0.1) is 5.52 Å². The maximum Gasteiger partial charge on any atom is 0.251 e. The van der Waals surface area contributed by atoms with E-state index in [2.05, 4.69) is 0 Å². The lowest BCUT2D eigenvalue weighted by molar-refractivity contribution is 0.681. The molecule has 2 rings (SSSR count). The summed E-state index contributed by atoms with van der Waals surface area (Å²) in [5.74, 6) is 0.578. The minimum Gasteiger partial charge on any atom is -0.308 e. The van der Waals surface area contributed by atoms with Crippen molar-refractivity contribution in [3.05, 3.63) is 46.2 Å². The van der Waals surface area contributed by atoms with Crippen molar-refractivity contribution in [1.29, 1.82) is 0 Å². The van der Waals surface area contributed by atoms with Crippen LogP contribution in [0.15, 0.2) is 35.1 Å². The summed E-state index contributed by atoms with van der Waals surface area (Å²) in [4.78, 5) is 11.9. The number of benzene rings is 1. The molecule has 84 valence electrons. The number of hydrogen-bond donors (Lipinski definition) is 0. The number of aromatic nitrogens is 1. The molecule has 0 saturated heterocycles. The highest BCUT2D eigenvalue weighted by molar-refractivity contribution is 6.17. The number of hydrogen-bond acceptors (Lipinski definition) is 1. The molecule has 0 spiro atoms. The molecule has 3 heteroatoms. The lowest BCUT2D eigenvalue weighted by atomic mass is 10.1. The van der Waals surface area contributed by atoms with E-state index in [1.165, 1.54) is 0 Å². The number of alkyl halides is 1. The Hall–Kier alpha value is -1.28. The lowest BCUT2D eigenvalue weighted by Gasteiger charge is -2.10. The van der Waals surface area contributed by atoms with Crippen LogP contribution < -0.4 is 5.56 Å². The quantitative estimate of drug-likeness (QED) is 0.750. The molecule has 0 N–H and O–H groups in total. The van der Waals surface area contributed by atoms with Gasteiger partial charge in [-0.1, -0.05) is 18.2 Å². The molecule has 0 bridgehead atoms. The van der Waals surface area contributed by atoms with Gasteiger partial charge in [-0.25, -0.2) is 0 Å². The molecule has 1 heterocycles. The van der Waals surface area contributed by atoms with Crippen LogP contribution in [0, 0.1) is 6.92 Å². The zero-order chi connectivity index (χ0) is 11.5. The van der Waals surface area contributed by atoms with E-state index in [0.717, 1.165) is 22.9 Å². The van der Waals surface area contributed by atoms with Crippen molar-refractivity contribution >= 4 is 22.5 Å². The summed E-state index contributed by atoms with van der Waals surface area (Å²) in [5.41, 5.74) is 2.08. The fourth-order valence-electron chi connectivity index (χ4n) is 1.95. The van der Waals surface area contributed by atoms with Crippen LogP contribution in [0.2, 0.25) is 0 Å². The fourth-order valence-corrected chi connectivity index (χ4v) is 2.07. The molecule has 0 aliphatic rings. The van der Waals surface area contributed by atoms with Gasteiger partial charge in [-0.05, 0) is 25.0 Å². The smallest absolute Gasteiger partial charge is 0.251 e. The van der Waals surface area contributed by atoms with Gasteiger partial charge in [0.2, 0.25) is 0 Å². The molecule has 0 amide bonds. The van der Waals surface area contributed by atoms with E-state index in [4.69, 9.17) is 11.6 Å². The van der Waals surface area contributed by atoms with Gasteiger partial charge in [-0.3, -0.25) is 4.79 Å². The minimum atomic E-state index is 0.0568. The Morgan fingerprint density at radius 2 is 2.06 bits per heavy atom. The Bertz CT molecular complexity index is 559. The third-order valence-electron chi connectivity index (χ3n) is 2.74. The van der Waals surface area contributed by atoms with Crippen LogP contribution in [0.3, 0.4) is 0 Å². The zero-order valence-electron chi connectivity index (χ0n) is 9.24. The molecule has 2 nitrogen and oxygen atoms in total. The molecule has 1 aromatic heterocycles. The molecular formula is C13H14ClNO. The molecule has 0 saturated carbocycles. The number of halogens is 1. The molecule has 0 aliphatic heterocycles. The summed E-state index contributed by atoms with van der Waals surface area (Å²) in [6.07, 6.45) is 0.814. The molecule has 0 fully saturated rings. The molecule has 2 aromatic rings. The molecule has 0 unspecified atom stereocenters. The van der Waals surface area contributed by atoms with Crippen LogP contribution in [0.5, 0.6) is 0 Å². The first-order valence-corrected chi connectivity index (χ1v) is 5.92. The largest absolute Gasteiger partial charge is 0.308 e. The first kappa shape index (κ1) is 11.2. The van der Waals surface area contributed by atoms with Crippen molar-refractivity contribution < 1.29 is 0 Å². The van der Waals surface area contributed by atoms with Crippen LogP contribution in [-0.2, 0) is 6.54 Å². The van der Waals surface area contributed by atoms with E-state index in [-0.39, 0.29) is 5.56 Å². The van der Waals surface area contributed by atoms with Crippen molar-refractivity contribution in [2.75, 3.05) is 5.88 Å². The van der Waals surface area contributed by atoms with Crippen LogP contribution in [0.1, 0.15) is 12.0 Å². The predicted octanol–water partition coefficient (Wildman–Crippen LogP) is 2.94. The lowest BCUT2D eigenvalue weighted by Crippen LogP contribution is -2.20. The Kier molecular flexibility index (Phi) is 3.30. The highest BCUT2D eigenvalue weighted by Gasteiger charge is 2.04. The van der Waals surface area contributed by atoms with Crippen molar-refractivity contribution in [2.24, 2.45) is 0 Å². The van der Waals surface area contributed by atoms with Gasteiger partial charge in [0, 0.05) is 23.9 Å². The van der Waals surface area contributed by atoms with Crippen molar-refractivity contribution in [3.8, 4) is 0 Å². The van der Waals surface area contributed by atoms with Gasteiger partial charge >= 0.3 is 0 Å². The van der Waals surface area contributed by atoms with Crippen molar-refractivity contribution in [2.45, 2.75) is 19.9 Å². The third-order valence-corrected chi connectivity index (χ3v) is 3.01. The highest BCUT2D eigenvalue weighted by atomic mass is 35.5. The van der Waals surface area contributed by atoms with Crippen LogP contribution in [0.25, 0.3) is 10.9 Å². The summed E-state index contributed by atoms with van der Waals surface area (Å²) < 4.78 is 1.80. The van der Waals surface area contributed by atoms with E-state index >= 15 is 0 Å².